The van der Waals surface area contributed by atoms with E-state index >= 15 is 0 Å². The Kier molecular flexibility index (Phi) is 5.68. The first kappa shape index (κ1) is 17.5. The zero-order valence-electron chi connectivity index (χ0n) is 15.6. The number of nitrogens with one attached hydrogen (secondary N) is 1. The highest BCUT2D eigenvalue weighted by Gasteiger charge is 2.30. The van der Waals surface area contributed by atoms with E-state index in [1.165, 1.54) is 47.3 Å². The molecule has 0 spiro atoms. The second-order valence-electron chi connectivity index (χ2n) is 7.16. The van der Waals surface area contributed by atoms with Crippen molar-refractivity contribution in [1.82, 2.24) is 10.2 Å². The van der Waals surface area contributed by atoms with E-state index in [1.807, 2.05) is 0 Å². The summed E-state index contributed by atoms with van der Waals surface area (Å²) >= 11 is 0. The van der Waals surface area contributed by atoms with Gasteiger partial charge in [0.15, 0.2) is 0 Å². The van der Waals surface area contributed by atoms with Gasteiger partial charge in [0, 0.05) is 32.2 Å². The Labute approximate surface area is 137 Å². The van der Waals surface area contributed by atoms with Crippen molar-refractivity contribution in [3.8, 4) is 0 Å². The molecule has 0 saturated carbocycles. The summed E-state index contributed by atoms with van der Waals surface area (Å²) in [6.07, 6.45) is 1.24. The molecule has 0 amide bonds. The molecular weight excluding hydrogens is 268 g/mol. The molecule has 0 radical (unpaired) electrons. The highest BCUT2D eigenvalue weighted by Crippen LogP contribution is 2.38. The molecule has 0 aromatic heterocycles. The van der Waals surface area contributed by atoms with E-state index in [4.69, 9.17) is 0 Å². The van der Waals surface area contributed by atoms with E-state index in [9.17, 15) is 0 Å². The largest absolute Gasteiger partial charge is 0.314 e. The first-order valence-electron chi connectivity index (χ1n) is 8.91. The summed E-state index contributed by atoms with van der Waals surface area (Å²) in [7, 11) is 0. The summed E-state index contributed by atoms with van der Waals surface area (Å²) in [5.74, 6) is 0.692. The van der Waals surface area contributed by atoms with Gasteiger partial charge in [-0.2, -0.15) is 0 Å². The molecule has 1 aromatic rings. The molecule has 22 heavy (non-hydrogen) atoms. The highest BCUT2D eigenvalue weighted by molar-refractivity contribution is 5.51. The van der Waals surface area contributed by atoms with Gasteiger partial charge in [-0.1, -0.05) is 20.3 Å². The fourth-order valence-corrected chi connectivity index (χ4v) is 3.98. The number of piperazine rings is 1. The third-order valence-corrected chi connectivity index (χ3v) is 6.08. The number of hydrogen-bond donors (Lipinski definition) is 1. The van der Waals surface area contributed by atoms with Gasteiger partial charge in [0.05, 0.1) is 0 Å². The van der Waals surface area contributed by atoms with Crippen molar-refractivity contribution in [2.45, 2.75) is 60.9 Å². The average molecular weight is 303 g/mol. The molecule has 2 nitrogen and oxygen atoms in total. The van der Waals surface area contributed by atoms with Gasteiger partial charge in [0.2, 0.25) is 0 Å². The van der Waals surface area contributed by atoms with E-state index in [0.29, 0.717) is 12.0 Å². The van der Waals surface area contributed by atoms with E-state index in [1.54, 1.807) is 5.56 Å². The number of hydrogen-bond acceptors (Lipinski definition) is 2. The van der Waals surface area contributed by atoms with Crippen molar-refractivity contribution in [1.29, 1.82) is 0 Å². The number of rotatable bonds is 4. The van der Waals surface area contributed by atoms with Crippen LogP contribution in [0, 0.1) is 40.5 Å². The van der Waals surface area contributed by atoms with Crippen LogP contribution in [0.5, 0.6) is 0 Å². The molecule has 1 aliphatic rings. The van der Waals surface area contributed by atoms with Gasteiger partial charge in [-0.25, -0.2) is 0 Å². The molecule has 0 bridgehead atoms. The second kappa shape index (κ2) is 7.14. The Balaban J connectivity index is 2.56. The Bertz CT molecular complexity index is 498. The van der Waals surface area contributed by atoms with Gasteiger partial charge in [-0.15, -0.1) is 0 Å². The van der Waals surface area contributed by atoms with Gasteiger partial charge in [0.25, 0.3) is 0 Å². The van der Waals surface area contributed by atoms with Crippen molar-refractivity contribution < 1.29 is 0 Å². The lowest BCUT2D eigenvalue weighted by Crippen LogP contribution is -2.47. The second-order valence-corrected chi connectivity index (χ2v) is 7.16. The minimum absolute atomic E-state index is 0.560. The number of benzene rings is 1. The van der Waals surface area contributed by atoms with Crippen LogP contribution in [0.15, 0.2) is 0 Å². The fraction of sp³-hybridized carbons (Fsp3) is 0.700. The van der Waals surface area contributed by atoms with E-state index < -0.39 is 0 Å². The lowest BCUT2D eigenvalue weighted by atomic mass is 9.81. The van der Waals surface area contributed by atoms with Gasteiger partial charge in [-0.05, 0) is 73.9 Å². The normalized spacial score (nSPS) is 19.2. The van der Waals surface area contributed by atoms with Gasteiger partial charge in [-0.3, -0.25) is 4.90 Å². The molecule has 1 aromatic carbocycles. The predicted molar refractivity (Wildman–Crippen MR) is 96.8 cm³/mol. The SMILES string of the molecule is CCC(C)[C@@H](c1c(C)c(C)c(C)c(C)c1C)N1CCNCC1. The topological polar surface area (TPSA) is 15.3 Å². The first-order chi connectivity index (χ1) is 10.4. The van der Waals surface area contributed by atoms with E-state index in [2.05, 4.69) is 58.7 Å². The molecule has 1 aliphatic heterocycles. The van der Waals surface area contributed by atoms with Crippen LogP contribution >= 0.6 is 0 Å². The van der Waals surface area contributed by atoms with Crippen LogP contribution < -0.4 is 5.32 Å². The summed E-state index contributed by atoms with van der Waals surface area (Å²) in [5, 5.41) is 3.50. The first-order valence-corrected chi connectivity index (χ1v) is 8.91. The smallest absolute Gasteiger partial charge is 0.0380 e. The molecule has 1 heterocycles. The molecule has 1 unspecified atom stereocenters. The lowest BCUT2D eigenvalue weighted by Gasteiger charge is -2.40. The molecule has 2 atom stereocenters. The third kappa shape index (κ3) is 3.09. The lowest BCUT2D eigenvalue weighted by molar-refractivity contribution is 0.127. The Morgan fingerprint density at radius 1 is 0.864 bits per heavy atom. The van der Waals surface area contributed by atoms with Crippen LogP contribution in [-0.2, 0) is 0 Å². The molecule has 1 fully saturated rings. The van der Waals surface area contributed by atoms with E-state index in [-0.39, 0.29) is 0 Å². The van der Waals surface area contributed by atoms with Crippen LogP contribution in [0.2, 0.25) is 0 Å². The molecule has 0 aliphatic carbocycles. The fourth-order valence-electron chi connectivity index (χ4n) is 3.98. The van der Waals surface area contributed by atoms with Crippen LogP contribution in [0.25, 0.3) is 0 Å². The summed E-state index contributed by atoms with van der Waals surface area (Å²) < 4.78 is 0. The molecule has 124 valence electrons. The van der Waals surface area contributed by atoms with Crippen molar-refractivity contribution >= 4 is 0 Å². The van der Waals surface area contributed by atoms with Crippen molar-refractivity contribution in [3.63, 3.8) is 0 Å². The Hall–Kier alpha value is -0.860. The van der Waals surface area contributed by atoms with Crippen molar-refractivity contribution in [2.75, 3.05) is 26.2 Å². The Morgan fingerprint density at radius 3 is 1.77 bits per heavy atom. The Morgan fingerprint density at radius 2 is 1.32 bits per heavy atom. The third-order valence-electron chi connectivity index (χ3n) is 6.08. The summed E-state index contributed by atoms with van der Waals surface area (Å²) in [6, 6.07) is 0.560. The quantitative estimate of drug-likeness (QED) is 0.896. The number of nitrogens with zero attached hydrogens (tertiary/aromatic N) is 1. The van der Waals surface area contributed by atoms with Crippen molar-refractivity contribution in [3.05, 3.63) is 33.4 Å². The zero-order chi connectivity index (χ0) is 16.4. The van der Waals surface area contributed by atoms with Gasteiger partial charge < -0.3 is 5.32 Å². The summed E-state index contributed by atoms with van der Waals surface area (Å²) in [6.45, 7) is 20.9. The van der Waals surface area contributed by atoms with Crippen LogP contribution in [-0.4, -0.2) is 31.1 Å². The van der Waals surface area contributed by atoms with Crippen molar-refractivity contribution in [2.24, 2.45) is 5.92 Å². The summed E-state index contributed by atoms with van der Waals surface area (Å²) in [4.78, 5) is 2.72. The van der Waals surface area contributed by atoms with Crippen LogP contribution in [0.1, 0.15) is 59.7 Å². The molecule has 2 heteroatoms. The monoisotopic (exact) mass is 302 g/mol. The average Bonchev–Trinajstić information content (AvgIpc) is 2.55. The maximum atomic E-state index is 3.50. The van der Waals surface area contributed by atoms with E-state index in [0.717, 1.165) is 13.1 Å². The minimum atomic E-state index is 0.560. The molecule has 1 saturated heterocycles. The minimum Gasteiger partial charge on any atom is -0.314 e. The van der Waals surface area contributed by atoms with Gasteiger partial charge in [0.1, 0.15) is 0 Å². The van der Waals surface area contributed by atoms with Gasteiger partial charge >= 0.3 is 0 Å². The maximum Gasteiger partial charge on any atom is 0.0380 e. The molecule has 1 N–H and O–H groups in total. The predicted octanol–water partition coefficient (Wildman–Crippen LogP) is 4.22. The standard InChI is InChI=1S/C20H34N2/c1-8-13(2)20(22-11-9-21-10-12-22)19-17(6)15(4)14(3)16(5)18(19)7/h13,20-21H,8-12H2,1-7H3/t13?,20-/m0/s1. The highest BCUT2D eigenvalue weighted by atomic mass is 15.2. The molecular formula is C20H34N2. The molecule has 2 rings (SSSR count). The van der Waals surface area contributed by atoms with Crippen LogP contribution in [0.3, 0.4) is 0 Å². The zero-order valence-corrected chi connectivity index (χ0v) is 15.6. The summed E-state index contributed by atoms with van der Waals surface area (Å²) in [5.41, 5.74) is 9.09. The van der Waals surface area contributed by atoms with Crippen LogP contribution in [0.4, 0.5) is 0 Å². The maximum absolute atomic E-state index is 3.50.